The first-order valence-electron chi connectivity index (χ1n) is 9.32. The van der Waals surface area contributed by atoms with Crippen LogP contribution in [0.3, 0.4) is 0 Å². The van der Waals surface area contributed by atoms with Crippen molar-refractivity contribution < 1.29 is 8.42 Å². The van der Waals surface area contributed by atoms with Gasteiger partial charge in [0.15, 0.2) is 0 Å². The number of benzene rings is 1. The second-order valence-corrected chi connectivity index (χ2v) is 9.90. The number of rotatable bonds is 3. The Bertz CT molecular complexity index is 973. The molecule has 4 rings (SSSR count). The highest BCUT2D eigenvalue weighted by Crippen LogP contribution is 2.39. The Labute approximate surface area is 161 Å². The molecular formula is C21H25N3O2S. The maximum Gasteiger partial charge on any atom is 0.284 e. The molecule has 142 valence electrons. The van der Waals surface area contributed by atoms with E-state index in [-0.39, 0.29) is 10.3 Å². The normalized spacial score (nSPS) is 21.4. The molecule has 5 nitrogen and oxygen atoms in total. The van der Waals surface area contributed by atoms with Crippen molar-refractivity contribution in [3.63, 3.8) is 0 Å². The molecule has 0 unspecified atom stereocenters. The van der Waals surface area contributed by atoms with Crippen LogP contribution >= 0.6 is 0 Å². The number of hydrogen-bond acceptors (Lipinski definition) is 3. The Morgan fingerprint density at radius 3 is 2.48 bits per heavy atom. The topological polar surface area (TPSA) is 61.8 Å². The molecule has 0 bridgehead atoms. The van der Waals surface area contributed by atoms with E-state index in [9.17, 15) is 8.42 Å². The summed E-state index contributed by atoms with van der Waals surface area (Å²) in [5.74, 6) is 1.99. The molecule has 0 aromatic heterocycles. The lowest BCUT2D eigenvalue weighted by atomic mass is 9.87. The van der Waals surface area contributed by atoms with Crippen molar-refractivity contribution in [1.29, 1.82) is 0 Å². The lowest BCUT2D eigenvalue weighted by Gasteiger charge is -2.32. The van der Waals surface area contributed by atoms with Crippen LogP contribution in [0, 0.1) is 5.92 Å². The molecule has 27 heavy (non-hydrogen) atoms. The van der Waals surface area contributed by atoms with Crippen LogP contribution in [0.1, 0.15) is 39.2 Å². The Morgan fingerprint density at radius 2 is 1.85 bits per heavy atom. The van der Waals surface area contributed by atoms with Gasteiger partial charge in [-0.25, -0.2) is 0 Å². The third-order valence-corrected chi connectivity index (χ3v) is 6.42. The summed E-state index contributed by atoms with van der Waals surface area (Å²) in [6, 6.07) is 7.01. The average molecular weight is 384 g/mol. The lowest BCUT2D eigenvalue weighted by Crippen LogP contribution is -2.40. The van der Waals surface area contributed by atoms with Crippen molar-refractivity contribution in [1.82, 2.24) is 10.2 Å². The third-order valence-electron chi connectivity index (χ3n) is 5.12. The Morgan fingerprint density at radius 1 is 1.15 bits per heavy atom. The largest absolute Gasteiger partial charge is 0.348 e. The molecule has 6 heteroatoms. The molecule has 0 saturated heterocycles. The molecule has 0 spiro atoms. The van der Waals surface area contributed by atoms with Crippen molar-refractivity contribution in [3.05, 3.63) is 65.7 Å². The van der Waals surface area contributed by atoms with Crippen molar-refractivity contribution in [3.8, 4) is 0 Å². The number of fused-ring (bicyclic) bond motifs is 1. The number of allylic oxidation sites excluding steroid dienone is 2. The van der Waals surface area contributed by atoms with Crippen LogP contribution in [0.2, 0.25) is 0 Å². The van der Waals surface area contributed by atoms with E-state index >= 15 is 0 Å². The molecule has 0 atom stereocenters. The fraction of sp³-hybridized carbons (Fsp3) is 0.381. The molecule has 0 radical (unpaired) electrons. The minimum atomic E-state index is -3.77. The minimum Gasteiger partial charge on any atom is -0.348 e. The maximum absolute atomic E-state index is 12.8. The zero-order valence-electron chi connectivity index (χ0n) is 15.9. The van der Waals surface area contributed by atoms with Crippen LogP contribution in [0.4, 0.5) is 0 Å². The van der Waals surface area contributed by atoms with Gasteiger partial charge >= 0.3 is 0 Å². The molecule has 1 N–H and O–H groups in total. The van der Waals surface area contributed by atoms with Crippen LogP contribution in [0.15, 0.2) is 69.4 Å². The zero-order chi connectivity index (χ0) is 19.2. The standard InChI is InChI=1S/C21H25N3O2S/c1-21(2,3)17-6-8-18(9-7-17)27(25,26)23-19-10-12-22-20-14-16(15-4-5-15)11-13-24(19)20/h6-12,14-15,22H,4-5,13H2,1-3H3. The molecule has 0 amide bonds. The molecule has 1 aliphatic carbocycles. The quantitative estimate of drug-likeness (QED) is 0.865. The van der Waals surface area contributed by atoms with Crippen LogP contribution in [-0.4, -0.2) is 25.7 Å². The van der Waals surface area contributed by atoms with Crippen LogP contribution in [0.5, 0.6) is 0 Å². The van der Waals surface area contributed by atoms with Gasteiger partial charge in [0.2, 0.25) is 0 Å². The van der Waals surface area contributed by atoms with Gasteiger partial charge in [-0.05, 0) is 59.6 Å². The summed E-state index contributed by atoms with van der Waals surface area (Å²) < 4.78 is 29.7. The molecule has 2 heterocycles. The Hall–Kier alpha value is -2.34. The van der Waals surface area contributed by atoms with E-state index < -0.39 is 10.0 Å². The highest BCUT2D eigenvalue weighted by atomic mass is 32.2. The van der Waals surface area contributed by atoms with Gasteiger partial charge in [-0.2, -0.15) is 8.42 Å². The van der Waals surface area contributed by atoms with E-state index in [2.05, 4.69) is 42.6 Å². The Kier molecular flexibility index (Phi) is 4.26. The van der Waals surface area contributed by atoms with Crippen molar-refractivity contribution in [2.75, 3.05) is 6.54 Å². The van der Waals surface area contributed by atoms with Gasteiger partial charge in [-0.3, -0.25) is 0 Å². The molecule has 1 saturated carbocycles. The predicted molar refractivity (Wildman–Crippen MR) is 108 cm³/mol. The smallest absolute Gasteiger partial charge is 0.284 e. The number of sulfonamides is 1. The summed E-state index contributed by atoms with van der Waals surface area (Å²) in [6.45, 7) is 6.94. The summed E-state index contributed by atoms with van der Waals surface area (Å²) in [7, 11) is -3.77. The highest BCUT2D eigenvalue weighted by Gasteiger charge is 2.30. The van der Waals surface area contributed by atoms with E-state index in [1.807, 2.05) is 17.0 Å². The van der Waals surface area contributed by atoms with Gasteiger partial charge in [0.1, 0.15) is 11.7 Å². The van der Waals surface area contributed by atoms with E-state index in [0.717, 1.165) is 11.4 Å². The van der Waals surface area contributed by atoms with Crippen LogP contribution in [-0.2, 0) is 15.4 Å². The number of nitrogens with one attached hydrogen (secondary N) is 1. The van der Waals surface area contributed by atoms with Gasteiger partial charge in [0.25, 0.3) is 10.0 Å². The third kappa shape index (κ3) is 3.72. The van der Waals surface area contributed by atoms with Gasteiger partial charge < -0.3 is 10.2 Å². The van der Waals surface area contributed by atoms with Gasteiger partial charge in [-0.15, -0.1) is 4.40 Å². The predicted octanol–water partition coefficient (Wildman–Crippen LogP) is 3.68. The summed E-state index contributed by atoms with van der Waals surface area (Å²) >= 11 is 0. The molecule has 3 aliphatic rings. The van der Waals surface area contributed by atoms with Crippen molar-refractivity contribution >= 4 is 15.9 Å². The second-order valence-electron chi connectivity index (χ2n) is 8.30. The SMILES string of the molecule is CC(C)(C)c1ccc(S(=O)(=O)N=C2C=CNC3=CC(C4CC4)=CCN32)cc1. The van der Waals surface area contributed by atoms with E-state index in [0.29, 0.717) is 18.3 Å². The van der Waals surface area contributed by atoms with E-state index in [1.54, 1.807) is 24.4 Å². The summed E-state index contributed by atoms with van der Waals surface area (Å²) in [5, 5.41) is 3.20. The lowest BCUT2D eigenvalue weighted by molar-refractivity contribution is 0.516. The number of amidine groups is 1. The summed E-state index contributed by atoms with van der Waals surface area (Å²) in [5.41, 5.74) is 2.41. The average Bonchev–Trinajstić information content (AvgIpc) is 3.46. The summed E-state index contributed by atoms with van der Waals surface area (Å²) in [4.78, 5) is 2.11. The molecule has 1 aromatic carbocycles. The van der Waals surface area contributed by atoms with Crippen molar-refractivity contribution in [2.24, 2.45) is 10.3 Å². The molecule has 1 fully saturated rings. The second kappa shape index (κ2) is 6.37. The van der Waals surface area contributed by atoms with Gasteiger partial charge in [-0.1, -0.05) is 39.0 Å². The summed E-state index contributed by atoms with van der Waals surface area (Å²) in [6.07, 6.45) is 10.2. The van der Waals surface area contributed by atoms with Gasteiger partial charge in [0, 0.05) is 12.7 Å². The number of hydrogen-bond donors (Lipinski definition) is 1. The fourth-order valence-corrected chi connectivity index (χ4v) is 4.29. The first kappa shape index (κ1) is 18.0. The minimum absolute atomic E-state index is 0.0228. The fourth-order valence-electron chi connectivity index (χ4n) is 3.30. The Balaban J connectivity index is 1.61. The van der Waals surface area contributed by atoms with Crippen LogP contribution < -0.4 is 5.32 Å². The monoisotopic (exact) mass is 383 g/mol. The number of nitrogens with zero attached hydrogens (tertiary/aromatic N) is 2. The molecular weight excluding hydrogens is 358 g/mol. The van der Waals surface area contributed by atoms with E-state index in [4.69, 9.17) is 0 Å². The molecule has 2 aliphatic heterocycles. The van der Waals surface area contributed by atoms with Crippen molar-refractivity contribution in [2.45, 2.75) is 43.9 Å². The van der Waals surface area contributed by atoms with Gasteiger partial charge in [0.05, 0.1) is 4.90 Å². The first-order valence-corrected chi connectivity index (χ1v) is 10.8. The van der Waals surface area contributed by atoms with E-state index in [1.165, 1.54) is 18.4 Å². The van der Waals surface area contributed by atoms with Crippen LogP contribution in [0.25, 0.3) is 0 Å². The highest BCUT2D eigenvalue weighted by molar-refractivity contribution is 7.90. The maximum atomic E-state index is 12.8. The zero-order valence-corrected chi connectivity index (χ0v) is 16.8. The first-order chi connectivity index (χ1) is 12.7. The molecule has 1 aromatic rings.